The molecule has 0 aliphatic rings. The molecule has 6 aromatic rings. The number of phenols is 1. The average Bonchev–Trinajstić information content (AvgIpc) is 3.34. The van der Waals surface area contributed by atoms with Gasteiger partial charge in [-0.3, -0.25) is 0 Å². The Labute approximate surface area is 234 Å². The number of nitrogens with one attached hydrogen (secondary N) is 1. The van der Waals surface area contributed by atoms with Crippen LogP contribution in [0.15, 0.2) is 120 Å². The molecule has 40 heavy (non-hydrogen) atoms. The van der Waals surface area contributed by atoms with E-state index in [-0.39, 0.29) is 16.1 Å². The maximum Gasteiger partial charge on any atom is 0.268 e. The van der Waals surface area contributed by atoms with Gasteiger partial charge in [0.2, 0.25) is 0 Å². The Hall–Kier alpha value is -4.55. The summed E-state index contributed by atoms with van der Waals surface area (Å²) in [6, 6.07) is 35.1. The number of fused-ring (bicyclic) bond motifs is 2. The van der Waals surface area contributed by atoms with Crippen molar-refractivity contribution in [1.82, 2.24) is 4.98 Å². The lowest BCUT2D eigenvalue weighted by Gasteiger charge is -2.27. The molecular formula is C34H30N2O3S. The highest BCUT2D eigenvalue weighted by atomic mass is 32.2. The quantitative estimate of drug-likeness (QED) is 0.228. The molecule has 200 valence electrons. The lowest BCUT2D eigenvalue weighted by molar-refractivity contribution is 0.481. The zero-order chi connectivity index (χ0) is 28.1. The Morgan fingerprint density at radius 1 is 0.675 bits per heavy atom. The molecule has 0 spiro atoms. The van der Waals surface area contributed by atoms with Crippen molar-refractivity contribution in [2.75, 3.05) is 4.31 Å². The van der Waals surface area contributed by atoms with Crippen LogP contribution in [0.3, 0.4) is 0 Å². The molecule has 0 aliphatic carbocycles. The maximum absolute atomic E-state index is 14.8. The summed E-state index contributed by atoms with van der Waals surface area (Å²) in [5.74, 6) is 0.0911. The molecule has 0 saturated heterocycles. The fourth-order valence-electron chi connectivity index (χ4n) is 5.20. The van der Waals surface area contributed by atoms with Gasteiger partial charge >= 0.3 is 0 Å². The minimum atomic E-state index is -4.13. The van der Waals surface area contributed by atoms with Crippen molar-refractivity contribution in [3.63, 3.8) is 0 Å². The topological polar surface area (TPSA) is 73.4 Å². The van der Waals surface area contributed by atoms with E-state index in [9.17, 15) is 13.5 Å². The third-order valence-corrected chi connectivity index (χ3v) is 9.03. The Balaban J connectivity index is 1.71. The van der Waals surface area contributed by atoms with Crippen LogP contribution in [0, 0.1) is 0 Å². The lowest BCUT2D eigenvalue weighted by atomic mass is 9.87. The maximum atomic E-state index is 14.8. The number of aromatic hydroxyl groups is 1. The molecule has 5 aromatic carbocycles. The van der Waals surface area contributed by atoms with E-state index in [1.54, 1.807) is 30.3 Å². The first-order valence-corrected chi connectivity index (χ1v) is 14.6. The predicted molar refractivity (Wildman–Crippen MR) is 164 cm³/mol. The molecule has 1 aromatic heterocycles. The number of nitrogens with zero attached hydrogens (tertiary/aromatic N) is 1. The Kier molecular flexibility index (Phi) is 6.15. The molecule has 0 radical (unpaired) electrons. The number of hydrogen-bond acceptors (Lipinski definition) is 3. The van der Waals surface area contributed by atoms with Crippen LogP contribution in [0.5, 0.6) is 5.75 Å². The highest BCUT2D eigenvalue weighted by molar-refractivity contribution is 7.93. The normalized spacial score (nSPS) is 12.2. The van der Waals surface area contributed by atoms with Gasteiger partial charge in [0, 0.05) is 27.2 Å². The third-order valence-electron chi connectivity index (χ3n) is 7.30. The molecule has 6 heteroatoms. The number of rotatable bonds is 5. The molecule has 0 bridgehead atoms. The molecule has 0 atom stereocenters. The summed E-state index contributed by atoms with van der Waals surface area (Å²) in [5, 5.41) is 12.6. The average molecular weight is 547 g/mol. The SMILES string of the molecule is CC(C)(C)c1ccc(S(=O)(=O)N(c2c(-c3ccccc3)[nH]c3ccccc23)c2ccc(O)c3ccccc23)cc1. The van der Waals surface area contributed by atoms with Gasteiger partial charge in [0.25, 0.3) is 10.0 Å². The van der Waals surface area contributed by atoms with E-state index in [1.807, 2.05) is 84.9 Å². The van der Waals surface area contributed by atoms with Crippen LogP contribution >= 0.6 is 0 Å². The summed E-state index contributed by atoms with van der Waals surface area (Å²) < 4.78 is 31.0. The zero-order valence-electron chi connectivity index (χ0n) is 22.6. The molecule has 0 saturated carbocycles. The fraction of sp³-hybridized carbons (Fsp3) is 0.118. The number of H-pyrrole nitrogens is 1. The van der Waals surface area contributed by atoms with E-state index in [4.69, 9.17) is 0 Å². The molecule has 1 heterocycles. The van der Waals surface area contributed by atoms with Crippen LogP contribution in [-0.2, 0) is 15.4 Å². The van der Waals surface area contributed by atoms with E-state index in [2.05, 4.69) is 25.8 Å². The smallest absolute Gasteiger partial charge is 0.268 e. The molecule has 2 N–H and O–H groups in total. The van der Waals surface area contributed by atoms with Crippen molar-refractivity contribution in [2.45, 2.75) is 31.1 Å². The minimum absolute atomic E-state index is 0.0911. The van der Waals surface area contributed by atoms with Crippen LogP contribution in [0.2, 0.25) is 0 Å². The molecule has 0 amide bonds. The molecular weight excluding hydrogens is 516 g/mol. The summed E-state index contributed by atoms with van der Waals surface area (Å²) >= 11 is 0. The number of para-hydroxylation sites is 1. The summed E-state index contributed by atoms with van der Waals surface area (Å²) in [4.78, 5) is 3.67. The monoisotopic (exact) mass is 546 g/mol. The van der Waals surface area contributed by atoms with Gasteiger partial charge in [0.1, 0.15) is 5.75 Å². The number of aromatic nitrogens is 1. The van der Waals surface area contributed by atoms with E-state index in [0.29, 0.717) is 27.8 Å². The summed E-state index contributed by atoms with van der Waals surface area (Å²) in [6.45, 7) is 6.30. The van der Waals surface area contributed by atoms with Crippen molar-refractivity contribution in [3.05, 3.63) is 121 Å². The van der Waals surface area contributed by atoms with Gasteiger partial charge in [0.05, 0.1) is 22.0 Å². The minimum Gasteiger partial charge on any atom is -0.507 e. The van der Waals surface area contributed by atoms with Crippen molar-refractivity contribution in [3.8, 4) is 17.0 Å². The van der Waals surface area contributed by atoms with Crippen LogP contribution in [-0.4, -0.2) is 18.5 Å². The highest BCUT2D eigenvalue weighted by Crippen LogP contribution is 2.47. The van der Waals surface area contributed by atoms with Gasteiger partial charge < -0.3 is 10.1 Å². The Bertz CT molecular complexity index is 1950. The first-order valence-electron chi connectivity index (χ1n) is 13.2. The van der Waals surface area contributed by atoms with Crippen LogP contribution in [0.25, 0.3) is 32.9 Å². The third kappa shape index (κ3) is 4.31. The second-order valence-corrected chi connectivity index (χ2v) is 12.7. The Morgan fingerprint density at radius 2 is 1.27 bits per heavy atom. The van der Waals surface area contributed by atoms with Crippen molar-refractivity contribution in [1.29, 1.82) is 0 Å². The predicted octanol–water partition coefficient (Wildman–Crippen LogP) is 8.52. The van der Waals surface area contributed by atoms with E-state index >= 15 is 0 Å². The number of phenolic OH excluding ortho intramolecular Hbond substituents is 1. The van der Waals surface area contributed by atoms with Crippen LogP contribution < -0.4 is 4.31 Å². The second kappa shape index (κ2) is 9.57. The van der Waals surface area contributed by atoms with Crippen LogP contribution in [0.4, 0.5) is 11.4 Å². The largest absolute Gasteiger partial charge is 0.507 e. The van der Waals surface area contributed by atoms with Crippen molar-refractivity contribution in [2.24, 2.45) is 0 Å². The number of anilines is 2. The molecule has 0 unspecified atom stereocenters. The summed E-state index contributed by atoms with van der Waals surface area (Å²) in [6.07, 6.45) is 0. The van der Waals surface area contributed by atoms with Gasteiger partial charge in [-0.15, -0.1) is 0 Å². The molecule has 0 fully saturated rings. The van der Waals surface area contributed by atoms with Gasteiger partial charge in [-0.05, 0) is 41.3 Å². The summed E-state index contributed by atoms with van der Waals surface area (Å²) in [7, 11) is -4.13. The summed E-state index contributed by atoms with van der Waals surface area (Å²) in [5.41, 5.74) is 4.28. The van der Waals surface area contributed by atoms with E-state index < -0.39 is 10.0 Å². The molecule has 0 aliphatic heterocycles. The lowest BCUT2D eigenvalue weighted by Crippen LogP contribution is -2.27. The van der Waals surface area contributed by atoms with Crippen molar-refractivity contribution < 1.29 is 13.5 Å². The van der Waals surface area contributed by atoms with E-state index in [0.717, 1.165) is 22.0 Å². The van der Waals surface area contributed by atoms with Gasteiger partial charge in [0.15, 0.2) is 0 Å². The van der Waals surface area contributed by atoms with Gasteiger partial charge in [-0.2, -0.15) is 0 Å². The van der Waals surface area contributed by atoms with Crippen LogP contribution in [0.1, 0.15) is 26.3 Å². The Morgan fingerprint density at radius 3 is 1.95 bits per heavy atom. The number of aromatic amines is 1. The van der Waals surface area contributed by atoms with E-state index in [1.165, 1.54) is 4.31 Å². The molecule has 6 rings (SSSR count). The van der Waals surface area contributed by atoms with Gasteiger partial charge in [-0.1, -0.05) is 106 Å². The molecule has 5 nitrogen and oxygen atoms in total. The number of hydrogen-bond donors (Lipinski definition) is 2. The first-order chi connectivity index (χ1) is 19.2. The standard InChI is InChI=1S/C34H30N2O3S/c1-34(2,3)24-17-19-25(20-18-24)40(38,39)36(30-21-22-31(37)27-14-8-7-13-26(27)30)33-28-15-9-10-16-29(28)35-32(33)23-11-5-4-6-12-23/h4-22,35,37H,1-3H3. The number of sulfonamides is 1. The number of benzene rings is 5. The second-order valence-electron chi connectivity index (χ2n) is 11.0. The van der Waals surface area contributed by atoms with Gasteiger partial charge in [-0.25, -0.2) is 12.7 Å². The first kappa shape index (κ1) is 25.7. The highest BCUT2D eigenvalue weighted by Gasteiger charge is 2.33. The fourth-order valence-corrected chi connectivity index (χ4v) is 6.74. The van der Waals surface area contributed by atoms with Crippen molar-refractivity contribution >= 4 is 43.1 Å². The zero-order valence-corrected chi connectivity index (χ0v) is 23.4.